The molecule has 0 saturated heterocycles. The van der Waals surface area contributed by atoms with E-state index in [2.05, 4.69) is 25.2 Å². The van der Waals surface area contributed by atoms with E-state index < -0.39 is 0 Å². The van der Waals surface area contributed by atoms with Gasteiger partial charge in [0.15, 0.2) is 0 Å². The van der Waals surface area contributed by atoms with Crippen LogP contribution in [0.5, 0.6) is 0 Å². The monoisotopic (exact) mass is 122 g/mol. The fourth-order valence-corrected chi connectivity index (χ4v) is 1.08. The second-order valence-electron chi connectivity index (χ2n) is 2.69. The summed E-state index contributed by atoms with van der Waals surface area (Å²) in [6, 6.07) is 0. The molecule has 0 aromatic carbocycles. The fourth-order valence-electron chi connectivity index (χ4n) is 1.08. The SMILES string of the molecule is C/C1=C\C=C/CCCC1. The number of hydrogen-bond acceptors (Lipinski definition) is 0. The first-order chi connectivity index (χ1) is 4.39. The molecule has 50 valence electrons. The summed E-state index contributed by atoms with van der Waals surface area (Å²) in [5.41, 5.74) is 1.52. The minimum absolute atomic E-state index is 1.27. The van der Waals surface area contributed by atoms with Crippen molar-refractivity contribution >= 4 is 0 Å². The standard InChI is InChI=1S/C9H14/c1-9-7-5-3-2-4-6-8-9/h3,5,7H,2,4,6,8H2,1H3/b5-3-,9-7+. The Bertz CT molecular complexity index is 129. The first kappa shape index (κ1) is 6.60. The lowest BCUT2D eigenvalue weighted by Gasteiger charge is -2.01. The molecule has 0 atom stereocenters. The third-order valence-electron chi connectivity index (χ3n) is 1.71. The molecule has 0 heteroatoms. The van der Waals surface area contributed by atoms with Gasteiger partial charge >= 0.3 is 0 Å². The molecule has 0 aliphatic heterocycles. The molecule has 0 heterocycles. The summed E-state index contributed by atoms with van der Waals surface area (Å²) < 4.78 is 0. The first-order valence-corrected chi connectivity index (χ1v) is 3.72. The third-order valence-corrected chi connectivity index (χ3v) is 1.71. The average molecular weight is 122 g/mol. The van der Waals surface area contributed by atoms with Gasteiger partial charge in [-0.2, -0.15) is 0 Å². The molecular weight excluding hydrogens is 108 g/mol. The van der Waals surface area contributed by atoms with Crippen LogP contribution in [0.25, 0.3) is 0 Å². The summed E-state index contributed by atoms with van der Waals surface area (Å²) >= 11 is 0. The van der Waals surface area contributed by atoms with E-state index in [-0.39, 0.29) is 0 Å². The predicted octanol–water partition coefficient (Wildman–Crippen LogP) is 3.06. The van der Waals surface area contributed by atoms with Crippen LogP contribution < -0.4 is 0 Å². The lowest BCUT2D eigenvalue weighted by atomic mass is 10.1. The van der Waals surface area contributed by atoms with Gasteiger partial charge in [-0.1, -0.05) is 23.8 Å². The molecule has 0 nitrogen and oxygen atoms in total. The van der Waals surface area contributed by atoms with Crippen molar-refractivity contribution in [1.82, 2.24) is 0 Å². The van der Waals surface area contributed by atoms with Gasteiger partial charge in [0.1, 0.15) is 0 Å². The van der Waals surface area contributed by atoms with Gasteiger partial charge in [-0.25, -0.2) is 0 Å². The van der Waals surface area contributed by atoms with Crippen LogP contribution in [0.2, 0.25) is 0 Å². The Balaban J connectivity index is 2.48. The maximum atomic E-state index is 2.25. The van der Waals surface area contributed by atoms with E-state index >= 15 is 0 Å². The number of rotatable bonds is 0. The summed E-state index contributed by atoms with van der Waals surface area (Å²) in [6.07, 6.45) is 11.9. The van der Waals surface area contributed by atoms with Crippen molar-refractivity contribution in [3.63, 3.8) is 0 Å². The zero-order valence-corrected chi connectivity index (χ0v) is 6.06. The highest BCUT2D eigenvalue weighted by Gasteiger charge is 1.91. The molecule has 0 aromatic rings. The quantitative estimate of drug-likeness (QED) is 0.463. The molecule has 1 aliphatic rings. The second kappa shape index (κ2) is 3.49. The van der Waals surface area contributed by atoms with E-state index in [1.807, 2.05) is 0 Å². The lowest BCUT2D eigenvalue weighted by molar-refractivity contribution is 0.737. The average Bonchev–Trinajstić information content (AvgIpc) is 1.79. The largest absolute Gasteiger partial charge is 0.0845 e. The molecule has 0 spiro atoms. The Morgan fingerprint density at radius 3 is 3.11 bits per heavy atom. The Morgan fingerprint density at radius 1 is 1.33 bits per heavy atom. The topological polar surface area (TPSA) is 0 Å². The second-order valence-corrected chi connectivity index (χ2v) is 2.69. The maximum absolute atomic E-state index is 2.25. The van der Waals surface area contributed by atoms with Gasteiger partial charge in [-0.05, 0) is 32.6 Å². The van der Waals surface area contributed by atoms with Crippen LogP contribution in [-0.2, 0) is 0 Å². The van der Waals surface area contributed by atoms with Crippen LogP contribution in [0, 0.1) is 0 Å². The number of allylic oxidation sites excluding steroid dienone is 4. The summed E-state index contributed by atoms with van der Waals surface area (Å²) in [5, 5.41) is 0. The van der Waals surface area contributed by atoms with Gasteiger partial charge in [0, 0.05) is 0 Å². The minimum atomic E-state index is 1.27. The van der Waals surface area contributed by atoms with Gasteiger partial charge in [-0.3, -0.25) is 0 Å². The molecule has 0 bridgehead atoms. The van der Waals surface area contributed by atoms with Gasteiger partial charge in [0.25, 0.3) is 0 Å². The number of hydrogen-bond donors (Lipinski definition) is 0. The van der Waals surface area contributed by atoms with Gasteiger partial charge < -0.3 is 0 Å². The van der Waals surface area contributed by atoms with E-state index in [0.717, 1.165) is 0 Å². The van der Waals surface area contributed by atoms with Gasteiger partial charge in [-0.15, -0.1) is 0 Å². The summed E-state index contributed by atoms with van der Waals surface area (Å²) in [5.74, 6) is 0. The Labute approximate surface area is 57.3 Å². The van der Waals surface area contributed by atoms with Crippen molar-refractivity contribution in [3.8, 4) is 0 Å². The zero-order chi connectivity index (χ0) is 6.53. The van der Waals surface area contributed by atoms with Crippen LogP contribution in [0.1, 0.15) is 32.6 Å². The third kappa shape index (κ3) is 2.50. The van der Waals surface area contributed by atoms with Crippen LogP contribution >= 0.6 is 0 Å². The highest BCUT2D eigenvalue weighted by molar-refractivity contribution is 5.11. The Morgan fingerprint density at radius 2 is 2.22 bits per heavy atom. The van der Waals surface area contributed by atoms with Crippen molar-refractivity contribution in [2.24, 2.45) is 0 Å². The molecule has 1 rings (SSSR count). The minimum Gasteiger partial charge on any atom is -0.0845 e. The first-order valence-electron chi connectivity index (χ1n) is 3.72. The molecule has 0 N–H and O–H groups in total. The van der Waals surface area contributed by atoms with Crippen LogP contribution in [0.4, 0.5) is 0 Å². The lowest BCUT2D eigenvalue weighted by Crippen LogP contribution is -1.81. The van der Waals surface area contributed by atoms with E-state index in [0.29, 0.717) is 0 Å². The van der Waals surface area contributed by atoms with E-state index in [9.17, 15) is 0 Å². The molecule has 0 saturated carbocycles. The molecule has 9 heavy (non-hydrogen) atoms. The van der Waals surface area contributed by atoms with Gasteiger partial charge in [0.05, 0.1) is 0 Å². The molecule has 0 unspecified atom stereocenters. The Kier molecular flexibility index (Phi) is 2.56. The molecule has 1 aliphatic carbocycles. The highest BCUT2D eigenvalue weighted by Crippen LogP contribution is 2.11. The van der Waals surface area contributed by atoms with Crippen molar-refractivity contribution in [3.05, 3.63) is 23.8 Å². The molecule has 0 amide bonds. The van der Waals surface area contributed by atoms with Crippen molar-refractivity contribution in [2.45, 2.75) is 32.6 Å². The predicted molar refractivity (Wildman–Crippen MR) is 41.4 cm³/mol. The van der Waals surface area contributed by atoms with E-state index in [4.69, 9.17) is 0 Å². The summed E-state index contributed by atoms with van der Waals surface area (Å²) in [6.45, 7) is 2.20. The van der Waals surface area contributed by atoms with Crippen molar-refractivity contribution in [2.75, 3.05) is 0 Å². The smallest absolute Gasteiger partial charge is 0.0320 e. The van der Waals surface area contributed by atoms with Crippen LogP contribution in [0.15, 0.2) is 23.8 Å². The highest BCUT2D eigenvalue weighted by atomic mass is 14.0. The Hall–Kier alpha value is -0.520. The van der Waals surface area contributed by atoms with E-state index in [1.165, 1.54) is 31.3 Å². The van der Waals surface area contributed by atoms with Crippen LogP contribution in [0.3, 0.4) is 0 Å². The molecule has 0 aromatic heterocycles. The maximum Gasteiger partial charge on any atom is -0.0320 e. The fraction of sp³-hybridized carbons (Fsp3) is 0.556. The zero-order valence-electron chi connectivity index (χ0n) is 6.06. The van der Waals surface area contributed by atoms with Crippen LogP contribution in [-0.4, -0.2) is 0 Å². The van der Waals surface area contributed by atoms with Crippen molar-refractivity contribution in [1.29, 1.82) is 0 Å². The summed E-state index contributed by atoms with van der Waals surface area (Å²) in [4.78, 5) is 0. The van der Waals surface area contributed by atoms with Gasteiger partial charge in [0.2, 0.25) is 0 Å². The molecule has 0 radical (unpaired) electrons. The molecule has 0 fully saturated rings. The normalized spacial score (nSPS) is 29.7. The summed E-state index contributed by atoms with van der Waals surface area (Å²) in [7, 11) is 0. The molecular formula is C9H14. The van der Waals surface area contributed by atoms with E-state index in [1.54, 1.807) is 0 Å². The van der Waals surface area contributed by atoms with Crippen molar-refractivity contribution < 1.29 is 0 Å².